The highest BCUT2D eigenvalue weighted by molar-refractivity contribution is 8.15. The van der Waals surface area contributed by atoms with Crippen molar-refractivity contribution in [1.29, 1.82) is 0 Å². The number of rotatable bonds is 2. The predicted molar refractivity (Wildman–Crippen MR) is 93.4 cm³/mol. The lowest BCUT2D eigenvalue weighted by Gasteiger charge is -2.10. The van der Waals surface area contributed by atoms with Gasteiger partial charge in [-0.05, 0) is 24.1 Å². The van der Waals surface area contributed by atoms with Gasteiger partial charge in [0.15, 0.2) is 0 Å². The summed E-state index contributed by atoms with van der Waals surface area (Å²) >= 11 is 3.28. The van der Waals surface area contributed by atoms with Crippen LogP contribution in [0.5, 0.6) is 0 Å². The number of thiazole rings is 1. The summed E-state index contributed by atoms with van der Waals surface area (Å²) in [4.78, 5) is 23.2. The van der Waals surface area contributed by atoms with Gasteiger partial charge >= 0.3 is 0 Å². The molecule has 114 valence electrons. The molecule has 1 atom stereocenters. The number of thioether (sulfide) groups is 1. The zero-order valence-electron chi connectivity index (χ0n) is 12.4. The summed E-state index contributed by atoms with van der Waals surface area (Å²) in [7, 11) is 3.78. The Kier molecular flexibility index (Phi) is 3.34. The number of carbonyl (C=O) groups excluding carboxylic acids is 1. The topological polar surface area (TPSA) is 57.6 Å². The van der Waals surface area contributed by atoms with E-state index < -0.39 is 0 Å². The third-order valence-corrected chi connectivity index (χ3v) is 6.31. The minimum atomic E-state index is -0.284. The Morgan fingerprint density at radius 1 is 1.45 bits per heavy atom. The van der Waals surface area contributed by atoms with E-state index in [1.807, 2.05) is 0 Å². The first-order valence-corrected chi connectivity index (χ1v) is 9.03. The maximum atomic E-state index is 11.7. The van der Waals surface area contributed by atoms with Crippen LogP contribution in [0.2, 0.25) is 0 Å². The maximum absolute atomic E-state index is 11.7. The molecule has 2 aliphatic rings. The van der Waals surface area contributed by atoms with E-state index in [-0.39, 0.29) is 11.9 Å². The number of hydrogen-bond donors (Lipinski definition) is 1. The van der Waals surface area contributed by atoms with Crippen LogP contribution in [0.25, 0.3) is 10.2 Å². The Balaban J connectivity index is 1.71. The molecule has 2 aromatic rings. The summed E-state index contributed by atoms with van der Waals surface area (Å²) in [6, 6.07) is 4.15. The highest BCUT2D eigenvalue weighted by Crippen LogP contribution is 2.35. The van der Waals surface area contributed by atoms with E-state index in [1.54, 1.807) is 30.1 Å². The van der Waals surface area contributed by atoms with Crippen molar-refractivity contribution >= 4 is 50.0 Å². The van der Waals surface area contributed by atoms with Crippen LogP contribution in [-0.2, 0) is 11.2 Å². The van der Waals surface area contributed by atoms with E-state index >= 15 is 0 Å². The molecule has 1 N–H and O–H groups in total. The highest BCUT2D eigenvalue weighted by atomic mass is 32.2. The van der Waals surface area contributed by atoms with Crippen molar-refractivity contribution in [2.24, 2.45) is 4.99 Å². The number of benzene rings is 1. The average Bonchev–Trinajstić information content (AvgIpc) is 3.22. The molecule has 1 amide bonds. The molecular formula is C15H16N4OS2. The summed E-state index contributed by atoms with van der Waals surface area (Å²) in [6.45, 7) is 1.08. The van der Waals surface area contributed by atoms with Crippen molar-refractivity contribution in [2.75, 3.05) is 31.3 Å². The number of aromatic nitrogens is 1. The largest absolute Gasteiger partial charge is 0.374 e. The van der Waals surface area contributed by atoms with Crippen molar-refractivity contribution in [1.82, 2.24) is 10.3 Å². The molecule has 5 nitrogen and oxygen atoms in total. The lowest BCUT2D eigenvalue weighted by molar-refractivity contribution is -0.121. The number of hydrogen-bond acceptors (Lipinski definition) is 6. The highest BCUT2D eigenvalue weighted by Gasteiger charge is 2.27. The van der Waals surface area contributed by atoms with Crippen molar-refractivity contribution < 1.29 is 4.79 Å². The van der Waals surface area contributed by atoms with E-state index in [1.165, 1.54) is 16.0 Å². The van der Waals surface area contributed by atoms with Gasteiger partial charge in [0.25, 0.3) is 0 Å². The number of aliphatic imine (C=N–C) groups is 1. The Morgan fingerprint density at radius 2 is 2.32 bits per heavy atom. The van der Waals surface area contributed by atoms with Gasteiger partial charge in [-0.2, -0.15) is 0 Å². The van der Waals surface area contributed by atoms with Crippen LogP contribution >= 0.6 is 23.1 Å². The number of nitrogens with zero attached hydrogens (tertiary/aromatic N) is 3. The van der Waals surface area contributed by atoms with Gasteiger partial charge in [-0.25, -0.2) is 4.98 Å². The molecule has 0 radical (unpaired) electrons. The molecule has 0 fully saturated rings. The third kappa shape index (κ3) is 2.19. The number of fused-ring (bicyclic) bond motifs is 2. The molecule has 0 aliphatic carbocycles. The molecule has 1 aromatic heterocycles. The minimum absolute atomic E-state index is 0.0239. The van der Waals surface area contributed by atoms with Gasteiger partial charge in [-0.15, -0.1) is 23.1 Å². The monoisotopic (exact) mass is 332 g/mol. The Bertz CT molecular complexity index is 798. The standard InChI is InChI=1S/C15H16N4OS2/c1-16-13(20)10-7-21-14(18-10)15-17-9-5-8-3-4-19(2)11(8)6-12(9)22-15/h5-6,10H,3-4,7H2,1-2H3,(H,16,20)/t10-/m1/s1. The molecule has 0 saturated heterocycles. The fourth-order valence-corrected chi connectivity index (χ4v) is 4.94. The SMILES string of the molecule is CNC(=O)[C@H]1CSC(c2nc3cc4c(cc3s2)N(C)CC4)=N1. The molecule has 4 rings (SSSR count). The third-order valence-electron chi connectivity index (χ3n) is 4.10. The van der Waals surface area contributed by atoms with Gasteiger partial charge in [0.05, 0.1) is 10.2 Å². The van der Waals surface area contributed by atoms with Gasteiger partial charge in [0, 0.05) is 32.1 Å². The first-order valence-electron chi connectivity index (χ1n) is 7.23. The van der Waals surface area contributed by atoms with Gasteiger partial charge < -0.3 is 10.2 Å². The summed E-state index contributed by atoms with van der Waals surface area (Å²) in [5.41, 5.74) is 3.73. The van der Waals surface area contributed by atoms with Crippen LogP contribution in [-0.4, -0.2) is 48.4 Å². The fourth-order valence-electron chi connectivity index (χ4n) is 2.85. The van der Waals surface area contributed by atoms with Crippen LogP contribution in [0, 0.1) is 0 Å². The molecule has 22 heavy (non-hydrogen) atoms. The molecule has 0 saturated carbocycles. The van der Waals surface area contributed by atoms with E-state index in [9.17, 15) is 4.79 Å². The number of likely N-dealkylation sites (N-methyl/N-ethyl adjacent to an activating group) is 2. The number of amides is 1. The van der Waals surface area contributed by atoms with Gasteiger partial charge in [-0.1, -0.05) is 0 Å². The lowest BCUT2D eigenvalue weighted by atomic mass is 10.1. The van der Waals surface area contributed by atoms with Crippen molar-refractivity contribution in [3.8, 4) is 0 Å². The van der Waals surface area contributed by atoms with Crippen LogP contribution in [0.15, 0.2) is 17.1 Å². The molecule has 3 heterocycles. The molecule has 0 bridgehead atoms. The van der Waals surface area contributed by atoms with Crippen molar-refractivity contribution in [3.63, 3.8) is 0 Å². The first kappa shape index (κ1) is 14.0. The quantitative estimate of drug-likeness (QED) is 0.912. The van der Waals surface area contributed by atoms with Gasteiger partial charge in [0.2, 0.25) is 5.91 Å². The van der Waals surface area contributed by atoms with E-state index in [0.717, 1.165) is 28.5 Å². The average molecular weight is 332 g/mol. The van der Waals surface area contributed by atoms with Crippen LogP contribution in [0.4, 0.5) is 5.69 Å². The second-order valence-electron chi connectivity index (χ2n) is 5.51. The Hall–Kier alpha value is -1.60. The zero-order valence-corrected chi connectivity index (χ0v) is 14.1. The Morgan fingerprint density at radius 3 is 3.14 bits per heavy atom. The first-order chi connectivity index (χ1) is 10.7. The smallest absolute Gasteiger partial charge is 0.245 e. The summed E-state index contributed by atoms with van der Waals surface area (Å²) in [5.74, 6) is 0.675. The second-order valence-corrected chi connectivity index (χ2v) is 7.55. The molecule has 2 aliphatic heterocycles. The normalized spacial score (nSPS) is 20.4. The fraction of sp³-hybridized carbons (Fsp3) is 0.400. The van der Waals surface area contributed by atoms with E-state index in [0.29, 0.717) is 5.75 Å². The summed E-state index contributed by atoms with van der Waals surface area (Å²) in [5, 5.41) is 4.48. The van der Waals surface area contributed by atoms with E-state index in [4.69, 9.17) is 4.98 Å². The number of anilines is 1. The van der Waals surface area contributed by atoms with Crippen molar-refractivity contribution in [3.05, 3.63) is 22.7 Å². The predicted octanol–water partition coefficient (Wildman–Crippen LogP) is 1.90. The summed E-state index contributed by atoms with van der Waals surface area (Å²) < 4.78 is 1.19. The minimum Gasteiger partial charge on any atom is -0.374 e. The molecule has 0 spiro atoms. The number of nitrogens with one attached hydrogen (secondary N) is 1. The van der Waals surface area contributed by atoms with Crippen LogP contribution < -0.4 is 10.2 Å². The lowest BCUT2D eigenvalue weighted by Crippen LogP contribution is -2.30. The van der Waals surface area contributed by atoms with Crippen LogP contribution in [0.1, 0.15) is 10.6 Å². The number of carbonyl (C=O) groups is 1. The van der Waals surface area contributed by atoms with Gasteiger partial charge in [-0.3, -0.25) is 9.79 Å². The van der Waals surface area contributed by atoms with Gasteiger partial charge in [0.1, 0.15) is 16.1 Å². The summed E-state index contributed by atoms with van der Waals surface area (Å²) in [6.07, 6.45) is 1.09. The molecule has 0 unspecified atom stereocenters. The maximum Gasteiger partial charge on any atom is 0.245 e. The molecule has 1 aromatic carbocycles. The Labute approximate surface area is 136 Å². The van der Waals surface area contributed by atoms with E-state index in [2.05, 4.69) is 34.4 Å². The van der Waals surface area contributed by atoms with Crippen LogP contribution in [0.3, 0.4) is 0 Å². The second kappa shape index (κ2) is 5.24. The van der Waals surface area contributed by atoms with Crippen molar-refractivity contribution in [2.45, 2.75) is 12.5 Å². The molecule has 7 heteroatoms. The zero-order chi connectivity index (χ0) is 15.3. The molecular weight excluding hydrogens is 316 g/mol.